The van der Waals surface area contributed by atoms with Crippen molar-refractivity contribution in [1.82, 2.24) is 5.32 Å². The van der Waals surface area contributed by atoms with E-state index in [-0.39, 0.29) is 12.5 Å². The van der Waals surface area contributed by atoms with Crippen LogP contribution < -0.4 is 5.32 Å². The number of rotatable bonds is 5. The van der Waals surface area contributed by atoms with E-state index >= 15 is 0 Å². The summed E-state index contributed by atoms with van der Waals surface area (Å²) in [4.78, 5) is 21.7. The first kappa shape index (κ1) is 13.7. The average Bonchev–Trinajstić information content (AvgIpc) is 2.36. The van der Waals surface area contributed by atoms with E-state index in [1.54, 1.807) is 6.92 Å². The maximum atomic E-state index is 11.5. The van der Waals surface area contributed by atoms with Crippen molar-refractivity contribution in [3.8, 4) is 0 Å². The first-order chi connectivity index (χ1) is 8.13. The molecule has 0 spiro atoms. The highest BCUT2D eigenvalue weighted by Crippen LogP contribution is 2.04. The predicted octanol–water partition coefficient (Wildman–Crippen LogP) is 1.98. The molecule has 0 aliphatic rings. The molecule has 0 aromatic heterocycles. The van der Waals surface area contributed by atoms with Gasteiger partial charge in [-0.15, -0.1) is 0 Å². The minimum Gasteiger partial charge on any atom is -0.459 e. The zero-order valence-corrected chi connectivity index (χ0v) is 11.1. The van der Waals surface area contributed by atoms with E-state index in [2.05, 4.69) is 21.2 Å². The molecular formula is C12H14BrNO3. The third-order valence-electron chi connectivity index (χ3n) is 2.04. The molecule has 0 heterocycles. The van der Waals surface area contributed by atoms with Crippen molar-refractivity contribution >= 4 is 27.8 Å². The van der Waals surface area contributed by atoms with E-state index in [0.717, 1.165) is 5.56 Å². The minimum atomic E-state index is -0.793. The summed E-state index contributed by atoms with van der Waals surface area (Å²) < 4.78 is 5.03. The van der Waals surface area contributed by atoms with Crippen molar-refractivity contribution in [1.29, 1.82) is 0 Å². The topological polar surface area (TPSA) is 55.4 Å². The van der Waals surface area contributed by atoms with Gasteiger partial charge in [0.25, 0.3) is 0 Å². The summed E-state index contributed by atoms with van der Waals surface area (Å²) in [6, 6.07) is 9.35. The molecule has 1 N–H and O–H groups in total. The number of halogens is 1. The highest BCUT2D eigenvalue weighted by Gasteiger charge is 2.17. The number of hydrogen-bond donors (Lipinski definition) is 1. The zero-order chi connectivity index (χ0) is 12.7. The summed E-state index contributed by atoms with van der Waals surface area (Å²) >= 11 is 3.05. The lowest BCUT2D eigenvalue weighted by atomic mass is 10.2. The molecule has 92 valence electrons. The van der Waals surface area contributed by atoms with Crippen LogP contribution in [0.3, 0.4) is 0 Å². The Morgan fingerprint density at radius 1 is 1.35 bits per heavy atom. The summed E-state index contributed by atoms with van der Waals surface area (Å²) in [5.74, 6) is -0.709. The van der Waals surface area contributed by atoms with Crippen LogP contribution in [0.2, 0.25) is 0 Å². The second-order valence-electron chi connectivity index (χ2n) is 3.38. The maximum absolute atomic E-state index is 11.5. The minimum absolute atomic E-state index is 0.198. The van der Waals surface area contributed by atoms with Gasteiger partial charge in [0.1, 0.15) is 6.61 Å². The van der Waals surface area contributed by atoms with Crippen LogP contribution in [-0.4, -0.2) is 16.8 Å². The number of amides is 1. The monoisotopic (exact) mass is 299 g/mol. The standard InChI is InChI=1S/C12H14BrNO3/c1-2-10(15)14-11(13)12(16)17-8-9-6-4-3-5-7-9/h3-7,11H,2,8H2,1H3,(H,14,15). The molecule has 5 heteroatoms. The molecular weight excluding hydrogens is 286 g/mol. The van der Waals surface area contributed by atoms with Crippen molar-refractivity contribution in [3.63, 3.8) is 0 Å². The van der Waals surface area contributed by atoms with Crippen molar-refractivity contribution in [3.05, 3.63) is 35.9 Å². The number of nitrogens with one attached hydrogen (secondary N) is 1. The fourth-order valence-electron chi connectivity index (χ4n) is 1.10. The zero-order valence-electron chi connectivity index (χ0n) is 9.48. The Labute approximate surface area is 108 Å². The number of esters is 1. The highest BCUT2D eigenvalue weighted by molar-refractivity contribution is 9.10. The Morgan fingerprint density at radius 3 is 2.59 bits per heavy atom. The van der Waals surface area contributed by atoms with Crippen molar-refractivity contribution < 1.29 is 14.3 Å². The van der Waals surface area contributed by atoms with Crippen LogP contribution in [0.15, 0.2) is 30.3 Å². The Morgan fingerprint density at radius 2 is 2.00 bits per heavy atom. The number of alkyl halides is 1. The fourth-order valence-corrected chi connectivity index (χ4v) is 1.49. The van der Waals surface area contributed by atoms with E-state index in [9.17, 15) is 9.59 Å². The Kier molecular flexibility index (Phi) is 5.69. The molecule has 1 amide bonds. The summed E-state index contributed by atoms with van der Waals surface area (Å²) in [5.41, 5.74) is 0.905. The quantitative estimate of drug-likeness (QED) is 0.514. The second-order valence-corrected chi connectivity index (χ2v) is 4.29. The van der Waals surface area contributed by atoms with Gasteiger partial charge in [-0.3, -0.25) is 4.79 Å². The van der Waals surface area contributed by atoms with Gasteiger partial charge in [-0.05, 0) is 5.56 Å². The lowest BCUT2D eigenvalue weighted by Gasteiger charge is -2.11. The van der Waals surface area contributed by atoms with Gasteiger partial charge in [-0.1, -0.05) is 53.2 Å². The number of benzene rings is 1. The largest absolute Gasteiger partial charge is 0.459 e. The van der Waals surface area contributed by atoms with Crippen molar-refractivity contribution in [2.24, 2.45) is 0 Å². The van der Waals surface area contributed by atoms with Crippen LogP contribution >= 0.6 is 15.9 Å². The van der Waals surface area contributed by atoms with Crippen LogP contribution in [0.5, 0.6) is 0 Å². The Hall–Kier alpha value is -1.36. The molecule has 0 fully saturated rings. The molecule has 1 rings (SSSR count). The van der Waals surface area contributed by atoms with Crippen LogP contribution in [-0.2, 0) is 20.9 Å². The normalized spacial score (nSPS) is 11.6. The molecule has 0 saturated heterocycles. The van der Waals surface area contributed by atoms with Gasteiger partial charge in [0.05, 0.1) is 0 Å². The first-order valence-corrected chi connectivity index (χ1v) is 6.19. The Balaban J connectivity index is 2.37. The van der Waals surface area contributed by atoms with Gasteiger partial charge in [0.2, 0.25) is 5.91 Å². The Bertz CT molecular complexity index is 381. The average molecular weight is 300 g/mol. The summed E-state index contributed by atoms with van der Waals surface area (Å²) in [6.45, 7) is 1.91. The van der Waals surface area contributed by atoms with Crippen LogP contribution in [0, 0.1) is 0 Å². The predicted molar refractivity (Wildman–Crippen MR) is 67.4 cm³/mol. The van der Waals surface area contributed by atoms with E-state index in [1.165, 1.54) is 0 Å². The first-order valence-electron chi connectivity index (χ1n) is 5.27. The maximum Gasteiger partial charge on any atom is 0.340 e. The summed E-state index contributed by atoms with van der Waals surface area (Å²) in [6.07, 6.45) is 0.327. The highest BCUT2D eigenvalue weighted by atomic mass is 79.9. The van der Waals surface area contributed by atoms with Crippen LogP contribution in [0.4, 0.5) is 0 Å². The van der Waals surface area contributed by atoms with Crippen LogP contribution in [0.25, 0.3) is 0 Å². The lowest BCUT2D eigenvalue weighted by molar-refractivity contribution is -0.146. The third-order valence-corrected chi connectivity index (χ3v) is 2.64. The fraction of sp³-hybridized carbons (Fsp3) is 0.333. The molecule has 1 unspecified atom stereocenters. The van der Waals surface area contributed by atoms with Gasteiger partial charge >= 0.3 is 5.97 Å². The van der Waals surface area contributed by atoms with Crippen LogP contribution in [0.1, 0.15) is 18.9 Å². The van der Waals surface area contributed by atoms with Gasteiger partial charge in [-0.2, -0.15) is 0 Å². The number of ether oxygens (including phenoxy) is 1. The molecule has 17 heavy (non-hydrogen) atoms. The molecule has 0 radical (unpaired) electrons. The second kappa shape index (κ2) is 7.06. The third kappa shape index (κ3) is 4.99. The van der Waals surface area contributed by atoms with E-state index in [4.69, 9.17) is 4.74 Å². The molecule has 1 aromatic carbocycles. The summed E-state index contributed by atoms with van der Waals surface area (Å²) in [5, 5.41) is 2.47. The molecule has 1 atom stereocenters. The van der Waals surface area contributed by atoms with E-state index < -0.39 is 10.9 Å². The van der Waals surface area contributed by atoms with Gasteiger partial charge in [0.15, 0.2) is 4.95 Å². The molecule has 1 aromatic rings. The SMILES string of the molecule is CCC(=O)NC(Br)C(=O)OCc1ccccc1. The number of carbonyl (C=O) groups excluding carboxylic acids is 2. The van der Waals surface area contributed by atoms with Crippen molar-refractivity contribution in [2.45, 2.75) is 24.9 Å². The molecule has 0 aliphatic heterocycles. The summed E-state index contributed by atoms with van der Waals surface area (Å²) in [7, 11) is 0. The van der Waals surface area contributed by atoms with Gasteiger partial charge in [0, 0.05) is 6.42 Å². The lowest BCUT2D eigenvalue weighted by Crippen LogP contribution is -2.36. The number of hydrogen-bond acceptors (Lipinski definition) is 3. The van der Waals surface area contributed by atoms with Gasteiger partial charge in [-0.25, -0.2) is 4.79 Å². The molecule has 4 nitrogen and oxygen atoms in total. The number of carbonyl (C=O) groups is 2. The van der Waals surface area contributed by atoms with Crippen molar-refractivity contribution in [2.75, 3.05) is 0 Å². The van der Waals surface area contributed by atoms with E-state index in [0.29, 0.717) is 6.42 Å². The molecule has 0 aliphatic carbocycles. The van der Waals surface area contributed by atoms with Gasteiger partial charge < -0.3 is 10.1 Å². The molecule has 0 saturated carbocycles. The molecule has 0 bridgehead atoms. The van der Waals surface area contributed by atoms with E-state index in [1.807, 2.05) is 30.3 Å². The smallest absolute Gasteiger partial charge is 0.340 e.